The normalized spacial score (nSPS) is 10.4. The smallest absolute Gasteiger partial charge is 0.253 e. The number of aryl methyl sites for hydroxylation is 1. The molecule has 7 heteroatoms. The molecule has 0 saturated heterocycles. The molecule has 0 spiro atoms. The molecular weight excluding hydrogens is 261 g/mol. The molecule has 0 aliphatic rings. The zero-order chi connectivity index (χ0) is 14.7. The number of para-hydroxylation sites is 1. The maximum Gasteiger partial charge on any atom is 0.253 e. The van der Waals surface area contributed by atoms with Crippen LogP contribution in [0.4, 0.5) is 10.1 Å². The van der Waals surface area contributed by atoms with Gasteiger partial charge in [0.25, 0.3) is 5.91 Å². The number of anilines is 1. The third-order valence-corrected chi connectivity index (χ3v) is 3.18. The molecule has 106 valence electrons. The molecule has 0 unspecified atom stereocenters. The molecule has 0 fully saturated rings. The van der Waals surface area contributed by atoms with Gasteiger partial charge in [-0.1, -0.05) is 6.07 Å². The lowest BCUT2D eigenvalue weighted by molar-refractivity contribution is 0.0951. The number of hydrogen-bond donors (Lipinski definition) is 3. The van der Waals surface area contributed by atoms with Gasteiger partial charge >= 0.3 is 0 Å². The Morgan fingerprint density at radius 3 is 2.85 bits per heavy atom. The van der Waals surface area contributed by atoms with Crippen LogP contribution in [0.25, 0.3) is 0 Å². The van der Waals surface area contributed by atoms with E-state index < -0.39 is 11.7 Å². The van der Waals surface area contributed by atoms with Crippen molar-refractivity contribution in [1.82, 2.24) is 15.1 Å². The number of carbonyl (C=O) groups is 1. The molecule has 0 bridgehead atoms. The lowest BCUT2D eigenvalue weighted by Gasteiger charge is -2.10. The Hall–Kier alpha value is -2.41. The highest BCUT2D eigenvalue weighted by Crippen LogP contribution is 2.18. The standard InChI is InChI=1S/C13H16FN5O/c1-8-9(7-17-19(8)2)6-16-13(20)10-4-3-5-11(14)12(10)18-15/h3-5,7,18H,6,15H2,1-2H3,(H,16,20). The highest BCUT2D eigenvalue weighted by molar-refractivity contribution is 5.99. The van der Waals surface area contributed by atoms with Gasteiger partial charge in [-0.15, -0.1) is 0 Å². The lowest BCUT2D eigenvalue weighted by atomic mass is 10.1. The van der Waals surface area contributed by atoms with E-state index in [2.05, 4.69) is 15.8 Å². The van der Waals surface area contributed by atoms with Gasteiger partial charge in [0.15, 0.2) is 0 Å². The monoisotopic (exact) mass is 277 g/mol. The third kappa shape index (κ3) is 2.62. The number of rotatable bonds is 4. The molecule has 20 heavy (non-hydrogen) atoms. The van der Waals surface area contributed by atoms with Crippen molar-refractivity contribution in [2.24, 2.45) is 12.9 Å². The molecule has 2 aromatic rings. The van der Waals surface area contributed by atoms with E-state index in [0.29, 0.717) is 6.54 Å². The molecule has 1 heterocycles. The summed E-state index contributed by atoms with van der Waals surface area (Å²) in [6, 6.07) is 4.20. The first kappa shape index (κ1) is 14.0. The number of nitrogens with zero attached hydrogens (tertiary/aromatic N) is 2. The average Bonchev–Trinajstić information content (AvgIpc) is 2.76. The van der Waals surface area contributed by atoms with E-state index in [1.54, 1.807) is 10.9 Å². The average molecular weight is 277 g/mol. The summed E-state index contributed by atoms with van der Waals surface area (Å²) >= 11 is 0. The first-order valence-electron chi connectivity index (χ1n) is 6.05. The first-order valence-corrected chi connectivity index (χ1v) is 6.05. The zero-order valence-electron chi connectivity index (χ0n) is 11.3. The maximum atomic E-state index is 13.5. The van der Waals surface area contributed by atoms with Crippen LogP contribution in [0.3, 0.4) is 0 Å². The minimum Gasteiger partial charge on any atom is -0.348 e. The second-order valence-electron chi connectivity index (χ2n) is 4.37. The van der Waals surface area contributed by atoms with E-state index in [1.165, 1.54) is 18.2 Å². The second kappa shape index (κ2) is 5.70. The minimum absolute atomic E-state index is 0.0205. The van der Waals surface area contributed by atoms with Gasteiger partial charge < -0.3 is 10.7 Å². The number of benzene rings is 1. The predicted molar refractivity (Wildman–Crippen MR) is 73.3 cm³/mol. The minimum atomic E-state index is -0.572. The quantitative estimate of drug-likeness (QED) is 0.577. The van der Waals surface area contributed by atoms with Gasteiger partial charge in [0.2, 0.25) is 0 Å². The van der Waals surface area contributed by atoms with Crippen molar-refractivity contribution >= 4 is 11.6 Å². The number of aromatic nitrogens is 2. The fraction of sp³-hybridized carbons (Fsp3) is 0.231. The number of amides is 1. The SMILES string of the molecule is Cc1c(CNC(=O)c2cccc(F)c2NN)cnn1C. The summed E-state index contributed by atoms with van der Waals surface area (Å²) < 4.78 is 15.2. The fourth-order valence-corrected chi connectivity index (χ4v) is 1.85. The van der Waals surface area contributed by atoms with Crippen molar-refractivity contribution in [3.63, 3.8) is 0 Å². The van der Waals surface area contributed by atoms with E-state index in [0.717, 1.165) is 11.3 Å². The number of nitrogens with one attached hydrogen (secondary N) is 2. The third-order valence-electron chi connectivity index (χ3n) is 3.18. The number of halogens is 1. The van der Waals surface area contributed by atoms with Crippen molar-refractivity contribution < 1.29 is 9.18 Å². The Labute approximate surface area is 115 Å². The number of hydrazine groups is 1. The van der Waals surface area contributed by atoms with Crippen LogP contribution in [-0.4, -0.2) is 15.7 Å². The molecule has 6 nitrogen and oxygen atoms in total. The maximum absolute atomic E-state index is 13.5. The highest BCUT2D eigenvalue weighted by Gasteiger charge is 2.14. The molecule has 1 amide bonds. The predicted octanol–water partition coefficient (Wildman–Crippen LogP) is 1.08. The Morgan fingerprint density at radius 1 is 1.50 bits per heavy atom. The first-order chi connectivity index (χ1) is 9.54. The molecule has 1 aromatic carbocycles. The number of nitrogens with two attached hydrogens (primary N) is 1. The van der Waals surface area contributed by atoms with Crippen molar-refractivity contribution in [2.75, 3.05) is 5.43 Å². The van der Waals surface area contributed by atoms with Crippen molar-refractivity contribution in [2.45, 2.75) is 13.5 Å². The second-order valence-corrected chi connectivity index (χ2v) is 4.37. The highest BCUT2D eigenvalue weighted by atomic mass is 19.1. The molecular formula is C13H16FN5O. The van der Waals surface area contributed by atoms with Crippen LogP contribution in [0.2, 0.25) is 0 Å². The Bertz CT molecular complexity index is 638. The van der Waals surface area contributed by atoms with Crippen molar-refractivity contribution in [3.8, 4) is 0 Å². The van der Waals surface area contributed by atoms with E-state index in [1.807, 2.05) is 14.0 Å². The summed E-state index contributed by atoms with van der Waals surface area (Å²) in [6.45, 7) is 2.22. The van der Waals surface area contributed by atoms with E-state index in [-0.39, 0.29) is 11.3 Å². The zero-order valence-corrected chi connectivity index (χ0v) is 11.3. The number of carbonyl (C=O) groups excluding carboxylic acids is 1. The van der Waals surface area contributed by atoms with Gasteiger partial charge in [-0.3, -0.25) is 15.3 Å². The van der Waals surface area contributed by atoms with Crippen LogP contribution in [0.15, 0.2) is 24.4 Å². The Balaban J connectivity index is 2.13. The molecule has 0 aliphatic carbocycles. The summed E-state index contributed by atoms with van der Waals surface area (Å²) in [5, 5.41) is 6.80. The van der Waals surface area contributed by atoms with Gasteiger partial charge in [-0.05, 0) is 19.1 Å². The number of nitrogen functional groups attached to an aromatic ring is 1. The summed E-state index contributed by atoms with van der Waals surface area (Å²) in [5.41, 5.74) is 4.21. The van der Waals surface area contributed by atoms with E-state index >= 15 is 0 Å². The van der Waals surface area contributed by atoms with Crippen LogP contribution < -0.4 is 16.6 Å². The molecule has 0 saturated carbocycles. The largest absolute Gasteiger partial charge is 0.348 e. The van der Waals surface area contributed by atoms with Crippen molar-refractivity contribution in [1.29, 1.82) is 0 Å². The van der Waals surface area contributed by atoms with Crippen LogP contribution in [0.1, 0.15) is 21.6 Å². The van der Waals surface area contributed by atoms with E-state index in [4.69, 9.17) is 5.84 Å². The van der Waals surface area contributed by atoms with Crippen molar-refractivity contribution in [3.05, 3.63) is 47.0 Å². The van der Waals surface area contributed by atoms with Crippen LogP contribution in [0.5, 0.6) is 0 Å². The van der Waals surface area contributed by atoms with Gasteiger partial charge in [0.05, 0.1) is 17.4 Å². The van der Waals surface area contributed by atoms with Gasteiger partial charge in [-0.2, -0.15) is 5.10 Å². The number of hydrogen-bond acceptors (Lipinski definition) is 4. The molecule has 4 N–H and O–H groups in total. The van der Waals surface area contributed by atoms with Crippen LogP contribution in [0, 0.1) is 12.7 Å². The van der Waals surface area contributed by atoms with E-state index in [9.17, 15) is 9.18 Å². The summed E-state index contributed by atoms with van der Waals surface area (Å²) in [5.74, 6) is 4.27. The lowest BCUT2D eigenvalue weighted by Crippen LogP contribution is -2.25. The molecule has 0 radical (unpaired) electrons. The van der Waals surface area contributed by atoms with Crippen LogP contribution in [-0.2, 0) is 13.6 Å². The summed E-state index contributed by atoms with van der Waals surface area (Å²) in [7, 11) is 1.82. The molecule has 1 aromatic heterocycles. The Kier molecular flexibility index (Phi) is 3.99. The Morgan fingerprint density at radius 2 is 2.25 bits per heavy atom. The summed E-state index contributed by atoms with van der Waals surface area (Å²) in [6.07, 6.45) is 1.68. The van der Waals surface area contributed by atoms with Gasteiger partial charge in [0.1, 0.15) is 5.82 Å². The van der Waals surface area contributed by atoms with Gasteiger partial charge in [-0.25, -0.2) is 4.39 Å². The summed E-state index contributed by atoms with van der Waals surface area (Å²) in [4.78, 5) is 12.1. The fourth-order valence-electron chi connectivity index (χ4n) is 1.85. The molecule has 0 aliphatic heterocycles. The topological polar surface area (TPSA) is 85.0 Å². The van der Waals surface area contributed by atoms with Gasteiger partial charge in [0, 0.05) is 24.8 Å². The van der Waals surface area contributed by atoms with Crippen LogP contribution >= 0.6 is 0 Å². The molecule has 0 atom stereocenters. The molecule has 2 rings (SSSR count).